The average molecular weight is 674 g/mol. The predicted molar refractivity (Wildman–Crippen MR) is 188 cm³/mol. The molecule has 2 heterocycles. The van der Waals surface area contributed by atoms with Gasteiger partial charge in [0.15, 0.2) is 11.5 Å². The van der Waals surface area contributed by atoms with E-state index in [1.54, 1.807) is 35.2 Å². The minimum absolute atomic E-state index is 0.0350. The van der Waals surface area contributed by atoms with Gasteiger partial charge in [-0.3, -0.25) is 19.3 Å². The number of hydrogen-bond acceptors (Lipinski definition) is 9. The van der Waals surface area contributed by atoms with Gasteiger partial charge in [0.1, 0.15) is 11.9 Å². The Kier molecular flexibility index (Phi) is 12.0. The van der Waals surface area contributed by atoms with E-state index in [0.717, 1.165) is 17.1 Å². The smallest absolute Gasteiger partial charge is 0.258 e. The summed E-state index contributed by atoms with van der Waals surface area (Å²) < 4.78 is 17.5. The molecule has 0 aromatic heterocycles. The first-order valence-electron chi connectivity index (χ1n) is 16.8. The van der Waals surface area contributed by atoms with Crippen molar-refractivity contribution in [1.82, 2.24) is 9.80 Å². The Morgan fingerprint density at radius 2 is 1.69 bits per heavy atom. The zero-order chi connectivity index (χ0) is 34.9. The van der Waals surface area contributed by atoms with Crippen molar-refractivity contribution in [3.63, 3.8) is 0 Å². The molecule has 0 saturated carbocycles. The topological polar surface area (TPSA) is 156 Å². The van der Waals surface area contributed by atoms with Gasteiger partial charge >= 0.3 is 0 Å². The Morgan fingerprint density at radius 1 is 0.980 bits per heavy atom. The van der Waals surface area contributed by atoms with Crippen molar-refractivity contribution in [3.8, 4) is 17.2 Å². The molecule has 0 aliphatic carbocycles. The van der Waals surface area contributed by atoms with Crippen LogP contribution in [0.4, 0.5) is 17.1 Å². The Morgan fingerprint density at radius 3 is 2.45 bits per heavy atom. The lowest BCUT2D eigenvalue weighted by atomic mass is 9.99. The van der Waals surface area contributed by atoms with Crippen molar-refractivity contribution in [1.29, 1.82) is 0 Å². The third kappa shape index (κ3) is 9.42. The molecule has 0 unspecified atom stereocenters. The minimum atomic E-state index is -0.404. The molecule has 3 aromatic carbocycles. The largest absolute Gasteiger partial charge is 0.488 e. The number of nitrogen functional groups attached to an aromatic ring is 1. The van der Waals surface area contributed by atoms with Gasteiger partial charge < -0.3 is 40.6 Å². The van der Waals surface area contributed by atoms with Crippen molar-refractivity contribution in [2.45, 2.75) is 64.6 Å². The van der Waals surface area contributed by atoms with E-state index in [2.05, 4.69) is 22.5 Å². The van der Waals surface area contributed by atoms with Crippen molar-refractivity contribution in [2.24, 2.45) is 5.92 Å². The molecule has 262 valence electrons. The number of hydrogen-bond donors (Lipinski definition) is 4. The molecule has 2 aliphatic rings. The number of unbranched alkanes of at least 4 members (excludes halogenated alkanes) is 2. The van der Waals surface area contributed by atoms with E-state index >= 15 is 0 Å². The lowest BCUT2D eigenvalue weighted by Gasteiger charge is -2.38. The number of ether oxygens (including phenoxy) is 3. The molecule has 0 fully saturated rings. The van der Waals surface area contributed by atoms with E-state index in [1.807, 2.05) is 44.3 Å². The number of nitrogens with one attached hydrogen (secondary N) is 2. The van der Waals surface area contributed by atoms with E-state index in [0.29, 0.717) is 73.7 Å². The fourth-order valence-electron chi connectivity index (χ4n) is 6.04. The molecule has 3 atom stereocenters. The third-order valence-corrected chi connectivity index (χ3v) is 8.87. The highest BCUT2D eigenvalue weighted by Gasteiger charge is 2.33. The number of fused-ring (bicyclic) bond motifs is 2. The van der Waals surface area contributed by atoms with E-state index < -0.39 is 6.04 Å². The second-order valence-electron chi connectivity index (χ2n) is 13.0. The monoisotopic (exact) mass is 673 g/mol. The second kappa shape index (κ2) is 16.5. The summed E-state index contributed by atoms with van der Waals surface area (Å²) in [5.41, 5.74) is 8.90. The van der Waals surface area contributed by atoms with E-state index in [-0.39, 0.29) is 49.6 Å². The first-order chi connectivity index (χ1) is 23.6. The predicted octanol–water partition coefficient (Wildman–Crippen LogP) is 4.88. The number of para-hydroxylation sites is 2. The molecule has 2 aliphatic heterocycles. The molecule has 0 radical (unpaired) electrons. The lowest BCUT2D eigenvalue weighted by molar-refractivity contribution is -0.116. The SMILES string of the molecule is C[C@H]1CN([C@@H](C)CO)C(=O)c2cc(NC(=O)CCCCCC(=O)Nc3ccccc3N)ccc2O[C@H]1CN(C)Cc1ccc2c(c1)OCO2. The maximum Gasteiger partial charge on any atom is 0.258 e. The minimum Gasteiger partial charge on any atom is -0.488 e. The summed E-state index contributed by atoms with van der Waals surface area (Å²) in [5, 5.41) is 15.7. The maximum absolute atomic E-state index is 13.8. The number of nitrogens with zero attached hydrogens (tertiary/aromatic N) is 2. The normalized spacial score (nSPS) is 17.5. The van der Waals surface area contributed by atoms with Crippen LogP contribution in [0.1, 0.15) is 61.9 Å². The van der Waals surface area contributed by atoms with Gasteiger partial charge in [-0.2, -0.15) is 0 Å². The van der Waals surface area contributed by atoms with Gasteiger partial charge in [0.2, 0.25) is 18.6 Å². The Hall–Kier alpha value is -4.81. The second-order valence-corrected chi connectivity index (χ2v) is 13.0. The molecule has 12 nitrogen and oxygen atoms in total. The molecule has 0 saturated heterocycles. The molecular weight excluding hydrogens is 626 g/mol. The number of carbonyl (C=O) groups is 3. The molecule has 3 aromatic rings. The molecule has 3 amide bonds. The molecular formula is C37H47N5O7. The maximum atomic E-state index is 13.8. The lowest BCUT2D eigenvalue weighted by Crippen LogP contribution is -2.49. The zero-order valence-corrected chi connectivity index (χ0v) is 28.4. The number of carbonyl (C=O) groups excluding carboxylic acids is 3. The van der Waals surface area contributed by atoms with Crippen LogP contribution in [0.5, 0.6) is 17.2 Å². The first kappa shape index (κ1) is 35.5. The van der Waals surface area contributed by atoms with Crippen LogP contribution in [0, 0.1) is 5.92 Å². The van der Waals surface area contributed by atoms with E-state index in [9.17, 15) is 19.5 Å². The molecule has 5 N–H and O–H groups in total. The van der Waals surface area contributed by atoms with E-state index in [1.165, 1.54) is 0 Å². The van der Waals surface area contributed by atoms with Crippen LogP contribution < -0.4 is 30.6 Å². The fraction of sp³-hybridized carbons (Fsp3) is 0.432. The third-order valence-electron chi connectivity index (χ3n) is 8.87. The van der Waals surface area contributed by atoms with Gasteiger partial charge in [-0.05, 0) is 74.8 Å². The summed E-state index contributed by atoms with van der Waals surface area (Å²) in [6.07, 6.45) is 2.31. The van der Waals surface area contributed by atoms with Gasteiger partial charge in [0, 0.05) is 44.1 Å². The highest BCUT2D eigenvalue weighted by molar-refractivity contribution is 6.00. The Balaban J connectivity index is 1.18. The van der Waals surface area contributed by atoms with Crippen molar-refractivity contribution in [2.75, 3.05) is 49.9 Å². The quantitative estimate of drug-likeness (QED) is 0.138. The highest BCUT2D eigenvalue weighted by atomic mass is 16.7. The molecule has 0 spiro atoms. The molecule has 49 heavy (non-hydrogen) atoms. The number of aliphatic hydroxyl groups is 1. The standard InChI is InChI=1S/C37H47N5O7/c1-24-19-42(25(2)22-43)37(46)28-18-27(39-35(44)11-5-4-6-12-36(45)40-30-10-8-7-9-29(30)38)14-16-31(28)49-34(24)21-41(3)20-26-13-15-32-33(17-26)48-23-47-32/h7-10,13-18,24-25,34,43H,4-6,11-12,19-23,38H2,1-3H3,(H,39,44)(H,40,45)/t24-,25-,34-/m0/s1. The molecule has 0 bridgehead atoms. The number of aliphatic hydroxyl groups excluding tert-OH is 1. The summed E-state index contributed by atoms with van der Waals surface area (Å²) in [6.45, 7) is 5.56. The van der Waals surface area contributed by atoms with Gasteiger partial charge in [0.25, 0.3) is 5.91 Å². The summed E-state index contributed by atoms with van der Waals surface area (Å²) in [6, 6.07) is 17.7. The number of likely N-dealkylation sites (N-methyl/N-ethyl adjacent to an activating group) is 1. The summed E-state index contributed by atoms with van der Waals surface area (Å²) >= 11 is 0. The molecule has 5 rings (SSSR count). The van der Waals surface area contributed by atoms with Gasteiger partial charge in [-0.25, -0.2) is 0 Å². The molecule has 12 heteroatoms. The van der Waals surface area contributed by atoms with E-state index in [4.69, 9.17) is 19.9 Å². The van der Waals surface area contributed by atoms with Crippen LogP contribution in [0.2, 0.25) is 0 Å². The number of benzene rings is 3. The highest BCUT2D eigenvalue weighted by Crippen LogP contribution is 2.34. The number of amides is 3. The summed E-state index contributed by atoms with van der Waals surface area (Å²) in [7, 11) is 2.02. The summed E-state index contributed by atoms with van der Waals surface area (Å²) in [5.74, 6) is 1.31. The summed E-state index contributed by atoms with van der Waals surface area (Å²) in [4.78, 5) is 42.8. The Bertz CT molecular complexity index is 1630. The van der Waals surface area contributed by atoms with Crippen LogP contribution in [0.15, 0.2) is 60.7 Å². The number of rotatable bonds is 14. The number of anilines is 3. The van der Waals surface area contributed by atoms with Crippen molar-refractivity contribution in [3.05, 3.63) is 71.8 Å². The van der Waals surface area contributed by atoms with Gasteiger partial charge in [-0.15, -0.1) is 0 Å². The van der Waals surface area contributed by atoms with Gasteiger partial charge in [-0.1, -0.05) is 31.5 Å². The number of nitrogens with two attached hydrogens (primary N) is 1. The first-order valence-corrected chi connectivity index (χ1v) is 16.8. The van der Waals surface area contributed by atoms with Crippen LogP contribution in [-0.4, -0.2) is 78.3 Å². The van der Waals surface area contributed by atoms with Crippen LogP contribution >= 0.6 is 0 Å². The fourth-order valence-corrected chi connectivity index (χ4v) is 6.04. The van der Waals surface area contributed by atoms with Gasteiger partial charge in [0.05, 0.1) is 29.6 Å². The van der Waals surface area contributed by atoms with Crippen LogP contribution in [0.3, 0.4) is 0 Å². The zero-order valence-electron chi connectivity index (χ0n) is 28.4. The van der Waals surface area contributed by atoms with Crippen molar-refractivity contribution >= 4 is 34.8 Å². The average Bonchev–Trinajstić information content (AvgIpc) is 3.55. The van der Waals surface area contributed by atoms with Crippen LogP contribution in [0.25, 0.3) is 0 Å². The van der Waals surface area contributed by atoms with Crippen LogP contribution in [-0.2, 0) is 16.1 Å². The Labute approximate surface area is 287 Å². The van der Waals surface area contributed by atoms with Crippen molar-refractivity contribution < 1.29 is 33.7 Å².